The summed E-state index contributed by atoms with van der Waals surface area (Å²) >= 11 is 3.38. The second kappa shape index (κ2) is 15.1. The Labute approximate surface area is 271 Å². The predicted octanol–water partition coefficient (Wildman–Crippen LogP) is 5.72. The van der Waals surface area contributed by atoms with Gasteiger partial charge in [0.2, 0.25) is 21.8 Å². The average molecular weight is 704 g/mol. The molecule has 1 aliphatic heterocycles. The highest BCUT2D eigenvalue weighted by Gasteiger charge is 2.33. The molecule has 3 N–H and O–H groups in total. The number of benzene rings is 2. The van der Waals surface area contributed by atoms with Crippen LogP contribution in [0.4, 0.5) is 11.4 Å². The lowest BCUT2D eigenvalue weighted by Crippen LogP contribution is -2.50. The number of piperidine rings is 1. The first-order valence-electron chi connectivity index (χ1n) is 15.1. The Morgan fingerprint density at radius 1 is 1.20 bits per heavy atom. The number of hydrogen-bond donors (Lipinski definition) is 3. The van der Waals surface area contributed by atoms with Crippen molar-refractivity contribution >= 4 is 49.1 Å². The van der Waals surface area contributed by atoms with Gasteiger partial charge in [0.15, 0.2) is 0 Å². The number of sulfonamides is 1. The van der Waals surface area contributed by atoms with Crippen molar-refractivity contribution in [2.75, 3.05) is 18.4 Å². The normalized spacial score (nSPS) is 14.7. The van der Waals surface area contributed by atoms with Gasteiger partial charge in [-0.2, -0.15) is 4.72 Å². The van der Waals surface area contributed by atoms with E-state index in [-0.39, 0.29) is 40.6 Å². The molecule has 0 aliphatic carbocycles. The van der Waals surface area contributed by atoms with Gasteiger partial charge < -0.3 is 15.2 Å². The van der Waals surface area contributed by atoms with Gasteiger partial charge in [-0.05, 0) is 62.6 Å². The molecule has 4 rings (SSSR count). The molecule has 45 heavy (non-hydrogen) atoms. The second-order valence-electron chi connectivity index (χ2n) is 11.3. The first-order valence-corrected chi connectivity index (χ1v) is 17.4. The fourth-order valence-corrected chi connectivity index (χ4v) is 7.59. The fraction of sp³-hybridized carbons (Fsp3) is 0.452. The highest BCUT2D eigenvalue weighted by Crippen LogP contribution is 2.38. The Kier molecular flexibility index (Phi) is 11.5. The standard InChI is InChI=1S/C31H39BrN6O6S/c1-4-21-12-14-37(15-13-21)31(40)27(11-7-10-26-20(3)33-19-34-26)36-45(43,44)28-18-23(32)17-25(30(28)35-29(39)5-2)22-8-6-9-24(16-22)38(41)42/h6,8-9,16-19,21,27,36H,4-5,7,10-15H2,1-3H3,(H,33,34)(H,35,39)/t27-/m0/s1. The van der Waals surface area contributed by atoms with Crippen LogP contribution in [0, 0.1) is 23.0 Å². The molecule has 1 aliphatic rings. The van der Waals surface area contributed by atoms with Crippen LogP contribution >= 0.6 is 15.9 Å². The van der Waals surface area contributed by atoms with Crippen molar-refractivity contribution in [1.82, 2.24) is 19.6 Å². The van der Waals surface area contributed by atoms with Crippen molar-refractivity contribution in [3.63, 3.8) is 0 Å². The summed E-state index contributed by atoms with van der Waals surface area (Å²) in [5.41, 5.74) is 2.17. The molecule has 0 unspecified atom stereocenters. The van der Waals surface area contributed by atoms with E-state index in [1.165, 1.54) is 24.3 Å². The van der Waals surface area contributed by atoms with Crippen LogP contribution in [0.2, 0.25) is 0 Å². The molecule has 3 aromatic rings. The molecular weight excluding hydrogens is 664 g/mol. The monoisotopic (exact) mass is 702 g/mol. The number of anilines is 1. The van der Waals surface area contributed by atoms with E-state index >= 15 is 0 Å². The molecular formula is C31H39BrN6O6S. The highest BCUT2D eigenvalue weighted by atomic mass is 79.9. The summed E-state index contributed by atoms with van der Waals surface area (Å²) in [6, 6.07) is 7.63. The summed E-state index contributed by atoms with van der Waals surface area (Å²) in [4.78, 5) is 46.3. The zero-order valence-corrected chi connectivity index (χ0v) is 28.0. The maximum Gasteiger partial charge on any atom is 0.270 e. The van der Waals surface area contributed by atoms with E-state index < -0.39 is 26.9 Å². The van der Waals surface area contributed by atoms with Crippen molar-refractivity contribution in [1.29, 1.82) is 0 Å². The van der Waals surface area contributed by atoms with Crippen molar-refractivity contribution in [3.8, 4) is 11.1 Å². The Morgan fingerprint density at radius 2 is 1.93 bits per heavy atom. The van der Waals surface area contributed by atoms with E-state index in [0.717, 1.165) is 30.7 Å². The lowest BCUT2D eigenvalue weighted by atomic mass is 9.94. The number of rotatable bonds is 13. The summed E-state index contributed by atoms with van der Waals surface area (Å²) in [6.07, 6.45) is 5.73. The number of nitro benzene ring substituents is 1. The maximum atomic E-state index is 14.2. The number of likely N-dealkylation sites (tertiary alicyclic amines) is 1. The number of aryl methyl sites for hydroxylation is 2. The van der Waals surface area contributed by atoms with Crippen molar-refractivity contribution < 1.29 is 22.9 Å². The molecule has 1 atom stereocenters. The molecule has 2 aromatic carbocycles. The topological polar surface area (TPSA) is 167 Å². The van der Waals surface area contributed by atoms with Gasteiger partial charge in [0.1, 0.15) is 10.9 Å². The Morgan fingerprint density at radius 3 is 2.56 bits per heavy atom. The van der Waals surface area contributed by atoms with Gasteiger partial charge in [0, 0.05) is 47.4 Å². The molecule has 14 heteroatoms. The van der Waals surface area contributed by atoms with Crippen LogP contribution in [0.15, 0.2) is 52.1 Å². The smallest absolute Gasteiger partial charge is 0.270 e. The van der Waals surface area contributed by atoms with E-state index in [1.807, 2.05) is 6.92 Å². The zero-order valence-electron chi connectivity index (χ0n) is 25.6. The largest absolute Gasteiger partial charge is 0.348 e. The lowest BCUT2D eigenvalue weighted by Gasteiger charge is -2.34. The predicted molar refractivity (Wildman–Crippen MR) is 175 cm³/mol. The summed E-state index contributed by atoms with van der Waals surface area (Å²) in [5.74, 6) is -0.202. The number of non-ortho nitro benzene ring substituents is 1. The van der Waals surface area contributed by atoms with E-state index in [0.29, 0.717) is 41.9 Å². The molecule has 1 fully saturated rings. The zero-order chi connectivity index (χ0) is 32.7. The molecule has 1 saturated heterocycles. The Balaban J connectivity index is 1.72. The molecule has 0 spiro atoms. The quantitative estimate of drug-likeness (QED) is 0.151. The van der Waals surface area contributed by atoms with Gasteiger partial charge in [-0.15, -0.1) is 0 Å². The number of carbonyl (C=O) groups is 2. The van der Waals surface area contributed by atoms with E-state index in [2.05, 4.69) is 42.9 Å². The average Bonchev–Trinajstić information content (AvgIpc) is 3.44. The third-order valence-corrected chi connectivity index (χ3v) is 10.2. The number of hydrogen-bond acceptors (Lipinski definition) is 7. The molecule has 1 aromatic heterocycles. The number of nitrogens with one attached hydrogen (secondary N) is 3. The lowest BCUT2D eigenvalue weighted by molar-refractivity contribution is -0.384. The third-order valence-electron chi connectivity index (χ3n) is 8.25. The summed E-state index contributed by atoms with van der Waals surface area (Å²) in [5, 5.41) is 14.2. The minimum atomic E-state index is -4.41. The van der Waals surface area contributed by atoms with Crippen molar-refractivity contribution in [2.45, 2.75) is 76.7 Å². The number of carbonyl (C=O) groups excluding carboxylic acids is 2. The third kappa shape index (κ3) is 8.56. The number of aromatic nitrogens is 2. The van der Waals surface area contributed by atoms with Crippen LogP contribution in [0.25, 0.3) is 11.1 Å². The summed E-state index contributed by atoms with van der Waals surface area (Å²) in [7, 11) is -4.41. The summed E-state index contributed by atoms with van der Waals surface area (Å²) in [6.45, 7) is 6.78. The molecule has 0 radical (unpaired) electrons. The van der Waals surface area contributed by atoms with Crippen LogP contribution in [0.3, 0.4) is 0 Å². The van der Waals surface area contributed by atoms with Crippen molar-refractivity contribution in [3.05, 3.63) is 68.7 Å². The highest BCUT2D eigenvalue weighted by molar-refractivity contribution is 9.10. The van der Waals surface area contributed by atoms with Gasteiger partial charge in [0.25, 0.3) is 5.69 Å². The van der Waals surface area contributed by atoms with Gasteiger partial charge in [0.05, 0.1) is 22.6 Å². The molecule has 0 saturated carbocycles. The SMILES string of the molecule is CCC(=O)Nc1c(-c2cccc([N+](=O)[O-])c2)cc(Br)cc1S(=O)(=O)N[C@@H](CCCc1nc[nH]c1C)C(=O)N1CCC(CC)CC1. The molecule has 2 heterocycles. The second-order valence-corrected chi connectivity index (χ2v) is 13.9. The number of H-pyrrole nitrogens is 1. The van der Waals surface area contributed by atoms with E-state index in [9.17, 15) is 28.1 Å². The van der Waals surface area contributed by atoms with Crippen LogP contribution < -0.4 is 10.0 Å². The first-order chi connectivity index (χ1) is 21.4. The number of aromatic amines is 1. The van der Waals surface area contributed by atoms with Gasteiger partial charge >= 0.3 is 0 Å². The fourth-order valence-electron chi connectivity index (χ4n) is 5.54. The van der Waals surface area contributed by atoms with Crippen LogP contribution in [0.1, 0.15) is 63.8 Å². The minimum absolute atomic E-state index is 0.0276. The maximum absolute atomic E-state index is 14.2. The number of nitrogens with zero attached hydrogens (tertiary/aromatic N) is 3. The van der Waals surface area contributed by atoms with Gasteiger partial charge in [-0.1, -0.05) is 48.3 Å². The van der Waals surface area contributed by atoms with Gasteiger partial charge in [-0.3, -0.25) is 19.7 Å². The number of imidazole rings is 1. The molecule has 2 amide bonds. The van der Waals surface area contributed by atoms with Gasteiger partial charge in [-0.25, -0.2) is 13.4 Å². The van der Waals surface area contributed by atoms with Crippen LogP contribution in [-0.4, -0.2) is 59.2 Å². The first kappa shape index (κ1) is 34.3. The van der Waals surface area contributed by atoms with Crippen molar-refractivity contribution in [2.24, 2.45) is 5.92 Å². The van der Waals surface area contributed by atoms with E-state index in [4.69, 9.17) is 0 Å². The Bertz CT molecular complexity index is 1650. The Hall–Kier alpha value is -3.62. The van der Waals surface area contributed by atoms with E-state index in [1.54, 1.807) is 30.3 Å². The molecule has 242 valence electrons. The minimum Gasteiger partial charge on any atom is -0.348 e. The molecule has 0 bridgehead atoms. The van der Waals surface area contributed by atoms with Crippen LogP contribution in [0.5, 0.6) is 0 Å². The molecule has 12 nitrogen and oxygen atoms in total. The number of nitro groups is 1. The van der Waals surface area contributed by atoms with Crippen LogP contribution in [-0.2, 0) is 26.0 Å². The number of amides is 2. The summed E-state index contributed by atoms with van der Waals surface area (Å²) < 4.78 is 31.4. The number of halogens is 1.